The summed E-state index contributed by atoms with van der Waals surface area (Å²) in [6.45, 7) is 3.88. The molecule has 0 aliphatic carbocycles. The molecule has 0 amide bonds. The molecule has 0 saturated carbocycles. The van der Waals surface area contributed by atoms with Gasteiger partial charge in [0.2, 0.25) is 0 Å². The number of anilines is 1. The predicted octanol–water partition coefficient (Wildman–Crippen LogP) is 2.47. The highest BCUT2D eigenvalue weighted by atomic mass is 16.5. The third kappa shape index (κ3) is 2.54. The van der Waals surface area contributed by atoms with Gasteiger partial charge in [-0.05, 0) is 31.5 Å². The summed E-state index contributed by atoms with van der Waals surface area (Å²) in [7, 11) is 1.62. The van der Waals surface area contributed by atoms with Crippen molar-refractivity contribution in [3.8, 4) is 16.9 Å². The van der Waals surface area contributed by atoms with Crippen LogP contribution in [0.15, 0.2) is 30.5 Å². The van der Waals surface area contributed by atoms with Crippen LogP contribution in [0.4, 0.5) is 5.82 Å². The van der Waals surface area contributed by atoms with Gasteiger partial charge in [0.1, 0.15) is 17.1 Å². The van der Waals surface area contributed by atoms with E-state index in [-0.39, 0.29) is 18.0 Å². The van der Waals surface area contributed by atoms with Gasteiger partial charge in [0.15, 0.2) is 5.65 Å². The molecule has 0 atom stereocenters. The number of esters is 1. The molecular formula is C17H18N4O3. The maximum Gasteiger partial charge on any atom is 0.343 e. The molecule has 7 nitrogen and oxygen atoms in total. The van der Waals surface area contributed by atoms with E-state index in [1.165, 1.54) is 10.7 Å². The molecule has 0 unspecified atom stereocenters. The summed E-state index contributed by atoms with van der Waals surface area (Å²) in [5.41, 5.74) is 9.45. The lowest BCUT2D eigenvalue weighted by Gasteiger charge is -2.07. The van der Waals surface area contributed by atoms with Gasteiger partial charge in [-0.1, -0.05) is 12.1 Å². The minimum absolute atomic E-state index is 0.202. The van der Waals surface area contributed by atoms with Crippen molar-refractivity contribution < 1.29 is 14.3 Å². The molecule has 3 rings (SSSR count). The standard InChI is InChI=1S/C17H18N4O3/c1-4-24-17(22)13-9-19-16-14(10(2)20-21(16)15(13)18)11-5-7-12(23-3)8-6-11/h5-9H,4,18H2,1-3H3. The molecule has 24 heavy (non-hydrogen) atoms. The minimum atomic E-state index is -0.511. The Hall–Kier alpha value is -3.09. The van der Waals surface area contributed by atoms with Crippen molar-refractivity contribution in [3.63, 3.8) is 0 Å². The average Bonchev–Trinajstić information content (AvgIpc) is 2.92. The molecule has 2 aromatic heterocycles. The normalized spacial score (nSPS) is 10.8. The van der Waals surface area contributed by atoms with Crippen LogP contribution in [-0.2, 0) is 4.74 Å². The number of nitrogen functional groups attached to an aromatic ring is 1. The average molecular weight is 326 g/mol. The lowest BCUT2D eigenvalue weighted by atomic mass is 10.1. The van der Waals surface area contributed by atoms with Crippen LogP contribution in [0.3, 0.4) is 0 Å². The van der Waals surface area contributed by atoms with Gasteiger partial charge < -0.3 is 15.2 Å². The molecule has 0 radical (unpaired) electrons. The van der Waals surface area contributed by atoms with Crippen molar-refractivity contribution in [3.05, 3.63) is 41.7 Å². The number of hydrogen-bond donors (Lipinski definition) is 1. The Morgan fingerprint density at radius 1 is 1.29 bits per heavy atom. The Bertz CT molecular complexity index is 900. The molecule has 124 valence electrons. The van der Waals surface area contributed by atoms with Crippen molar-refractivity contribution >= 4 is 17.4 Å². The molecule has 0 spiro atoms. The fourth-order valence-electron chi connectivity index (χ4n) is 2.57. The topological polar surface area (TPSA) is 91.7 Å². The summed E-state index contributed by atoms with van der Waals surface area (Å²) in [6, 6.07) is 7.60. The van der Waals surface area contributed by atoms with Crippen LogP contribution in [0.5, 0.6) is 5.75 Å². The first-order valence-electron chi connectivity index (χ1n) is 7.52. The van der Waals surface area contributed by atoms with Crippen molar-refractivity contribution in [2.24, 2.45) is 0 Å². The van der Waals surface area contributed by atoms with Crippen molar-refractivity contribution in [2.45, 2.75) is 13.8 Å². The second-order valence-corrected chi connectivity index (χ2v) is 5.20. The van der Waals surface area contributed by atoms with E-state index in [1.54, 1.807) is 14.0 Å². The van der Waals surface area contributed by atoms with E-state index in [0.29, 0.717) is 5.65 Å². The Labute approximate surface area is 139 Å². The van der Waals surface area contributed by atoms with Gasteiger partial charge >= 0.3 is 5.97 Å². The Balaban J connectivity index is 2.15. The van der Waals surface area contributed by atoms with Gasteiger partial charge in [0.25, 0.3) is 0 Å². The summed E-state index contributed by atoms with van der Waals surface area (Å²) in [5, 5.41) is 4.42. The molecule has 2 heterocycles. The number of rotatable bonds is 4. The fourth-order valence-corrected chi connectivity index (χ4v) is 2.57. The first-order valence-corrected chi connectivity index (χ1v) is 7.52. The molecule has 2 N–H and O–H groups in total. The highest BCUT2D eigenvalue weighted by molar-refractivity contribution is 5.95. The Morgan fingerprint density at radius 3 is 2.62 bits per heavy atom. The molecule has 0 saturated heterocycles. The van der Waals surface area contributed by atoms with E-state index in [9.17, 15) is 4.79 Å². The number of methoxy groups -OCH3 is 1. The lowest BCUT2D eigenvalue weighted by molar-refractivity contribution is 0.0526. The zero-order chi connectivity index (χ0) is 17.3. The van der Waals surface area contributed by atoms with Gasteiger partial charge in [-0.25, -0.2) is 9.78 Å². The maximum atomic E-state index is 11.9. The monoisotopic (exact) mass is 326 g/mol. The Morgan fingerprint density at radius 2 is 2.00 bits per heavy atom. The minimum Gasteiger partial charge on any atom is -0.497 e. The summed E-state index contributed by atoms with van der Waals surface area (Å²) in [5.74, 6) is 0.467. The number of nitrogens with two attached hydrogens (primary N) is 1. The van der Waals surface area contributed by atoms with Crippen LogP contribution < -0.4 is 10.5 Å². The molecule has 1 aromatic carbocycles. The second kappa shape index (κ2) is 6.19. The van der Waals surface area contributed by atoms with Crippen LogP contribution in [0.1, 0.15) is 23.0 Å². The third-order valence-electron chi connectivity index (χ3n) is 3.73. The number of carbonyl (C=O) groups excluding carboxylic acids is 1. The molecule has 3 aromatic rings. The smallest absolute Gasteiger partial charge is 0.343 e. The summed E-state index contributed by atoms with van der Waals surface area (Å²) < 4.78 is 11.6. The van der Waals surface area contributed by atoms with Gasteiger partial charge in [-0.15, -0.1) is 0 Å². The number of benzene rings is 1. The number of hydrogen-bond acceptors (Lipinski definition) is 6. The predicted molar refractivity (Wildman–Crippen MR) is 90.1 cm³/mol. The number of aromatic nitrogens is 3. The van der Waals surface area contributed by atoms with Crippen LogP contribution in [0, 0.1) is 6.92 Å². The molecular weight excluding hydrogens is 308 g/mol. The fraction of sp³-hybridized carbons (Fsp3) is 0.235. The van der Waals surface area contributed by atoms with E-state index >= 15 is 0 Å². The van der Waals surface area contributed by atoms with Crippen LogP contribution in [0.2, 0.25) is 0 Å². The van der Waals surface area contributed by atoms with Gasteiger partial charge in [0, 0.05) is 11.8 Å². The van der Waals surface area contributed by atoms with Crippen LogP contribution in [-0.4, -0.2) is 34.3 Å². The zero-order valence-corrected chi connectivity index (χ0v) is 13.7. The highest BCUT2D eigenvalue weighted by Crippen LogP contribution is 2.30. The number of aryl methyl sites for hydroxylation is 1. The summed E-state index contributed by atoms with van der Waals surface area (Å²) in [6.07, 6.45) is 1.43. The van der Waals surface area contributed by atoms with Crippen molar-refractivity contribution in [1.29, 1.82) is 0 Å². The van der Waals surface area contributed by atoms with Gasteiger partial charge in [-0.3, -0.25) is 0 Å². The number of nitrogens with zero attached hydrogens (tertiary/aromatic N) is 3. The number of carbonyl (C=O) groups is 1. The molecule has 0 fully saturated rings. The van der Waals surface area contributed by atoms with E-state index in [0.717, 1.165) is 22.6 Å². The van der Waals surface area contributed by atoms with E-state index < -0.39 is 5.97 Å². The van der Waals surface area contributed by atoms with Gasteiger partial charge in [-0.2, -0.15) is 9.61 Å². The van der Waals surface area contributed by atoms with E-state index in [1.807, 2.05) is 31.2 Å². The zero-order valence-electron chi connectivity index (χ0n) is 13.7. The summed E-state index contributed by atoms with van der Waals surface area (Å²) in [4.78, 5) is 16.3. The SMILES string of the molecule is CCOC(=O)c1cnc2c(-c3ccc(OC)cc3)c(C)nn2c1N. The largest absolute Gasteiger partial charge is 0.497 e. The van der Waals surface area contributed by atoms with E-state index in [4.69, 9.17) is 15.2 Å². The maximum absolute atomic E-state index is 11.9. The Kier molecular flexibility index (Phi) is 4.07. The molecule has 7 heteroatoms. The van der Waals surface area contributed by atoms with Crippen molar-refractivity contribution in [1.82, 2.24) is 14.6 Å². The van der Waals surface area contributed by atoms with Crippen LogP contribution >= 0.6 is 0 Å². The lowest BCUT2D eigenvalue weighted by Crippen LogP contribution is -2.12. The molecule has 0 bridgehead atoms. The third-order valence-corrected chi connectivity index (χ3v) is 3.73. The van der Waals surface area contributed by atoms with Crippen LogP contribution in [0.25, 0.3) is 16.8 Å². The van der Waals surface area contributed by atoms with E-state index in [2.05, 4.69) is 10.1 Å². The van der Waals surface area contributed by atoms with Gasteiger partial charge in [0.05, 0.1) is 19.4 Å². The second-order valence-electron chi connectivity index (χ2n) is 5.20. The molecule has 0 aliphatic heterocycles. The molecule has 0 aliphatic rings. The quantitative estimate of drug-likeness (QED) is 0.741. The highest BCUT2D eigenvalue weighted by Gasteiger charge is 2.19. The first-order chi connectivity index (χ1) is 11.6. The number of ether oxygens (including phenoxy) is 2. The van der Waals surface area contributed by atoms with Crippen molar-refractivity contribution in [2.75, 3.05) is 19.5 Å². The first kappa shape index (κ1) is 15.8. The number of fused-ring (bicyclic) bond motifs is 1. The summed E-state index contributed by atoms with van der Waals surface area (Å²) >= 11 is 0.